The summed E-state index contributed by atoms with van der Waals surface area (Å²) in [5, 5.41) is 23.0. The number of benzene rings is 1. The summed E-state index contributed by atoms with van der Waals surface area (Å²) in [6.45, 7) is 6.33. The molecule has 0 saturated carbocycles. The second-order valence-corrected chi connectivity index (χ2v) is 5.75. The van der Waals surface area contributed by atoms with E-state index in [1.807, 2.05) is 20.8 Å². The van der Waals surface area contributed by atoms with Crippen LogP contribution in [0.4, 0.5) is 11.4 Å². The molecule has 0 bridgehead atoms. The van der Waals surface area contributed by atoms with Crippen molar-refractivity contribution in [3.63, 3.8) is 0 Å². The normalized spacial score (nSPS) is 12.2. The summed E-state index contributed by atoms with van der Waals surface area (Å²) < 4.78 is 0. The van der Waals surface area contributed by atoms with Crippen molar-refractivity contribution in [2.75, 3.05) is 11.9 Å². The van der Waals surface area contributed by atoms with E-state index in [-0.39, 0.29) is 18.0 Å². The first kappa shape index (κ1) is 16.9. The van der Waals surface area contributed by atoms with Crippen LogP contribution in [0.3, 0.4) is 0 Å². The van der Waals surface area contributed by atoms with Gasteiger partial charge in [-0.25, -0.2) is 0 Å². The Morgan fingerprint density at radius 1 is 1.43 bits per heavy atom. The number of nitrogens with one attached hydrogen (secondary N) is 1. The van der Waals surface area contributed by atoms with Crippen LogP contribution < -0.4 is 5.32 Å². The van der Waals surface area contributed by atoms with Gasteiger partial charge in [-0.15, -0.1) is 0 Å². The summed E-state index contributed by atoms with van der Waals surface area (Å²) in [7, 11) is 0. The Bertz CT molecular complexity index is 514. The molecular weight excluding hydrogens is 272 g/mol. The molecule has 0 aliphatic heterocycles. The average Bonchev–Trinajstić information content (AvgIpc) is 2.34. The molecule has 0 fully saturated rings. The van der Waals surface area contributed by atoms with Crippen LogP contribution in [0.5, 0.6) is 0 Å². The Labute approximate surface area is 124 Å². The van der Waals surface area contributed by atoms with Crippen LogP contribution in [0, 0.1) is 28.9 Å². The molecular formula is C15H22N2O4. The lowest BCUT2D eigenvalue weighted by atomic mass is 9.94. The summed E-state index contributed by atoms with van der Waals surface area (Å²) in [5.41, 5.74) is 1.38. The number of aliphatic carboxylic acids is 1. The van der Waals surface area contributed by atoms with Gasteiger partial charge in [-0.05, 0) is 36.8 Å². The maximum Gasteiger partial charge on any atom is 0.303 e. The number of rotatable bonds is 8. The Morgan fingerprint density at radius 3 is 2.62 bits per heavy atom. The molecule has 1 atom stereocenters. The predicted molar refractivity (Wildman–Crippen MR) is 81.5 cm³/mol. The fraction of sp³-hybridized carbons (Fsp3) is 0.533. The van der Waals surface area contributed by atoms with E-state index in [4.69, 9.17) is 5.11 Å². The van der Waals surface area contributed by atoms with Gasteiger partial charge >= 0.3 is 5.97 Å². The minimum Gasteiger partial charge on any atom is -0.481 e. The molecule has 21 heavy (non-hydrogen) atoms. The van der Waals surface area contributed by atoms with E-state index in [0.29, 0.717) is 18.2 Å². The molecule has 1 aromatic carbocycles. The van der Waals surface area contributed by atoms with Gasteiger partial charge in [0.1, 0.15) is 5.69 Å². The largest absolute Gasteiger partial charge is 0.481 e. The Kier molecular flexibility index (Phi) is 6.14. The minimum atomic E-state index is -0.846. The topological polar surface area (TPSA) is 92.5 Å². The van der Waals surface area contributed by atoms with E-state index in [9.17, 15) is 14.9 Å². The van der Waals surface area contributed by atoms with Gasteiger partial charge in [0.2, 0.25) is 0 Å². The number of aryl methyl sites for hydroxylation is 1. The molecule has 1 rings (SSSR count). The molecule has 0 heterocycles. The van der Waals surface area contributed by atoms with E-state index >= 15 is 0 Å². The number of hydrogen-bond acceptors (Lipinski definition) is 4. The average molecular weight is 294 g/mol. The van der Waals surface area contributed by atoms with Gasteiger partial charge in [0.05, 0.1) is 4.92 Å². The van der Waals surface area contributed by atoms with Crippen molar-refractivity contribution in [2.45, 2.75) is 33.6 Å². The van der Waals surface area contributed by atoms with Gasteiger partial charge < -0.3 is 10.4 Å². The molecule has 0 aliphatic rings. The summed E-state index contributed by atoms with van der Waals surface area (Å²) in [5.74, 6) is -0.521. The summed E-state index contributed by atoms with van der Waals surface area (Å²) >= 11 is 0. The first-order chi connectivity index (χ1) is 9.79. The number of nitro groups is 1. The monoisotopic (exact) mass is 294 g/mol. The standard InChI is InChI=1S/C15H22N2O4/c1-10(2)6-12(8-15(18)19)9-16-13-7-11(3)4-5-14(13)17(20)21/h4-5,7,10,12,16H,6,8-9H2,1-3H3,(H,18,19). The molecule has 6 heteroatoms. The van der Waals surface area contributed by atoms with E-state index in [1.54, 1.807) is 12.1 Å². The fourth-order valence-corrected chi connectivity index (χ4v) is 2.36. The molecule has 2 N–H and O–H groups in total. The summed E-state index contributed by atoms with van der Waals surface area (Å²) in [4.78, 5) is 21.5. The van der Waals surface area contributed by atoms with Crippen LogP contribution >= 0.6 is 0 Å². The van der Waals surface area contributed by atoms with Crippen molar-refractivity contribution in [1.29, 1.82) is 0 Å². The molecule has 1 unspecified atom stereocenters. The predicted octanol–water partition coefficient (Wildman–Crippen LogP) is 3.45. The lowest BCUT2D eigenvalue weighted by molar-refractivity contribution is -0.384. The molecule has 116 valence electrons. The van der Waals surface area contributed by atoms with E-state index < -0.39 is 10.9 Å². The first-order valence-corrected chi connectivity index (χ1v) is 7.00. The van der Waals surface area contributed by atoms with Gasteiger partial charge in [-0.1, -0.05) is 19.9 Å². The van der Waals surface area contributed by atoms with Gasteiger partial charge in [0.15, 0.2) is 0 Å². The minimum absolute atomic E-state index is 0.0132. The molecule has 1 aromatic rings. The number of nitro benzene ring substituents is 1. The van der Waals surface area contributed by atoms with Crippen molar-refractivity contribution in [3.05, 3.63) is 33.9 Å². The molecule has 0 amide bonds. The van der Waals surface area contributed by atoms with Crippen molar-refractivity contribution in [2.24, 2.45) is 11.8 Å². The summed E-state index contributed by atoms with van der Waals surface area (Å²) in [6, 6.07) is 4.86. The van der Waals surface area contributed by atoms with Crippen molar-refractivity contribution in [1.82, 2.24) is 0 Å². The van der Waals surface area contributed by atoms with Crippen LogP contribution in [0.15, 0.2) is 18.2 Å². The lowest BCUT2D eigenvalue weighted by Crippen LogP contribution is -2.20. The Balaban J connectivity index is 2.81. The molecule has 0 aromatic heterocycles. The van der Waals surface area contributed by atoms with Crippen molar-refractivity contribution >= 4 is 17.3 Å². The number of carbonyl (C=O) groups is 1. The van der Waals surface area contributed by atoms with Crippen molar-refractivity contribution < 1.29 is 14.8 Å². The maximum absolute atomic E-state index is 11.0. The van der Waals surface area contributed by atoms with Crippen molar-refractivity contribution in [3.8, 4) is 0 Å². The highest BCUT2D eigenvalue weighted by Gasteiger charge is 2.18. The highest BCUT2D eigenvalue weighted by atomic mass is 16.6. The second-order valence-electron chi connectivity index (χ2n) is 5.75. The van der Waals surface area contributed by atoms with Gasteiger partial charge in [0.25, 0.3) is 5.69 Å². The van der Waals surface area contributed by atoms with Crippen LogP contribution in [0.25, 0.3) is 0 Å². The second kappa shape index (κ2) is 7.61. The van der Waals surface area contributed by atoms with Crippen LogP contribution in [0.2, 0.25) is 0 Å². The number of carboxylic acid groups (broad SMARTS) is 1. The fourth-order valence-electron chi connectivity index (χ4n) is 2.36. The number of hydrogen-bond donors (Lipinski definition) is 2. The van der Waals surface area contributed by atoms with Gasteiger partial charge in [-0.3, -0.25) is 14.9 Å². The lowest BCUT2D eigenvalue weighted by Gasteiger charge is -2.18. The Hall–Kier alpha value is -2.11. The number of anilines is 1. The number of carboxylic acids is 1. The smallest absolute Gasteiger partial charge is 0.303 e. The SMILES string of the molecule is Cc1ccc([N+](=O)[O-])c(NCC(CC(=O)O)CC(C)C)c1. The molecule has 0 saturated heterocycles. The zero-order valence-corrected chi connectivity index (χ0v) is 12.6. The third kappa shape index (κ3) is 5.81. The molecule has 0 spiro atoms. The zero-order chi connectivity index (χ0) is 16.0. The van der Waals surface area contributed by atoms with Crippen LogP contribution in [0.1, 0.15) is 32.3 Å². The highest BCUT2D eigenvalue weighted by Crippen LogP contribution is 2.26. The highest BCUT2D eigenvalue weighted by molar-refractivity contribution is 5.67. The van der Waals surface area contributed by atoms with Crippen LogP contribution in [-0.2, 0) is 4.79 Å². The Morgan fingerprint density at radius 2 is 2.10 bits per heavy atom. The van der Waals surface area contributed by atoms with E-state index in [0.717, 1.165) is 12.0 Å². The van der Waals surface area contributed by atoms with Crippen LogP contribution in [-0.4, -0.2) is 22.5 Å². The maximum atomic E-state index is 11.0. The van der Waals surface area contributed by atoms with E-state index in [1.165, 1.54) is 6.07 Å². The van der Waals surface area contributed by atoms with Gasteiger partial charge in [-0.2, -0.15) is 0 Å². The quantitative estimate of drug-likeness (QED) is 0.566. The zero-order valence-electron chi connectivity index (χ0n) is 12.6. The van der Waals surface area contributed by atoms with Gasteiger partial charge in [0, 0.05) is 19.0 Å². The molecule has 6 nitrogen and oxygen atoms in total. The third-order valence-electron chi connectivity index (χ3n) is 3.20. The number of nitrogens with zero attached hydrogens (tertiary/aromatic N) is 1. The summed E-state index contributed by atoms with van der Waals surface area (Å²) in [6.07, 6.45) is 0.823. The third-order valence-corrected chi connectivity index (χ3v) is 3.20. The molecule has 0 aliphatic carbocycles. The van der Waals surface area contributed by atoms with E-state index in [2.05, 4.69) is 5.32 Å². The first-order valence-electron chi connectivity index (χ1n) is 7.00. The molecule has 0 radical (unpaired) electrons.